The quantitative estimate of drug-likeness (QED) is 0.205. The minimum Gasteiger partial charge on any atom is -0.433 e. The molecule has 2 N–H and O–H groups in total. The van der Waals surface area contributed by atoms with Crippen LogP contribution in [-0.4, -0.2) is 63.9 Å². The normalized spacial score (nSPS) is 15.2. The van der Waals surface area contributed by atoms with Crippen LogP contribution in [-0.2, 0) is 11.3 Å². The topological polar surface area (TPSA) is 58.1 Å². The van der Waals surface area contributed by atoms with Crippen LogP contribution in [0.15, 0.2) is 17.1 Å². The molecular weight excluding hydrogens is 540 g/mol. The average Bonchev–Trinajstić information content (AvgIpc) is 2.67. The molecule has 166 valence electrons. The molecular formula is C18H27Cl2F2IN4O2. The fraction of sp³-hybridized carbons (Fsp3) is 0.611. The lowest BCUT2D eigenvalue weighted by molar-refractivity contribution is -0.0504. The first kappa shape index (κ1) is 26.4. The number of rotatable bonds is 9. The van der Waals surface area contributed by atoms with Gasteiger partial charge in [0, 0.05) is 43.8 Å². The predicted molar refractivity (Wildman–Crippen MR) is 123 cm³/mol. The fourth-order valence-electron chi connectivity index (χ4n) is 2.86. The van der Waals surface area contributed by atoms with Gasteiger partial charge < -0.3 is 20.1 Å². The molecule has 0 amide bonds. The van der Waals surface area contributed by atoms with Crippen LogP contribution in [0.3, 0.4) is 0 Å². The van der Waals surface area contributed by atoms with Gasteiger partial charge in [-0.3, -0.25) is 9.89 Å². The van der Waals surface area contributed by atoms with E-state index in [9.17, 15) is 8.78 Å². The highest BCUT2D eigenvalue weighted by Gasteiger charge is 2.15. The molecule has 0 saturated carbocycles. The molecule has 1 aromatic carbocycles. The molecule has 1 aromatic rings. The third-order valence-corrected chi connectivity index (χ3v) is 4.76. The summed E-state index contributed by atoms with van der Waals surface area (Å²) in [7, 11) is 1.64. The van der Waals surface area contributed by atoms with Gasteiger partial charge in [0.15, 0.2) is 5.96 Å². The molecule has 1 aliphatic rings. The van der Waals surface area contributed by atoms with E-state index < -0.39 is 6.61 Å². The van der Waals surface area contributed by atoms with Gasteiger partial charge in [-0.2, -0.15) is 8.78 Å². The van der Waals surface area contributed by atoms with E-state index in [0.29, 0.717) is 16.5 Å². The number of ether oxygens (including phenoxy) is 2. The van der Waals surface area contributed by atoms with Crippen molar-refractivity contribution >= 4 is 53.1 Å². The number of hydrogen-bond donors (Lipinski definition) is 2. The van der Waals surface area contributed by atoms with Crippen LogP contribution in [0.2, 0.25) is 10.0 Å². The number of guanidine groups is 1. The number of morpholine rings is 1. The largest absolute Gasteiger partial charge is 0.433 e. The molecule has 29 heavy (non-hydrogen) atoms. The molecule has 1 heterocycles. The smallest absolute Gasteiger partial charge is 0.387 e. The monoisotopic (exact) mass is 566 g/mol. The SMILES string of the molecule is CN=C(NCCCCN1CCOCC1)NCc1cc(Cl)cc(Cl)c1OC(F)F.I. The highest BCUT2D eigenvalue weighted by atomic mass is 127. The van der Waals surface area contributed by atoms with Crippen molar-refractivity contribution in [3.8, 4) is 5.75 Å². The number of halogens is 5. The second kappa shape index (κ2) is 14.4. The Bertz CT molecular complexity index is 651. The van der Waals surface area contributed by atoms with Crippen LogP contribution in [0.1, 0.15) is 18.4 Å². The van der Waals surface area contributed by atoms with E-state index in [4.69, 9.17) is 27.9 Å². The summed E-state index contributed by atoms with van der Waals surface area (Å²) in [4.78, 5) is 6.53. The summed E-state index contributed by atoms with van der Waals surface area (Å²) >= 11 is 12.0. The number of unbranched alkanes of at least 4 members (excludes halogenated alkanes) is 1. The molecule has 6 nitrogen and oxygen atoms in total. The van der Waals surface area contributed by atoms with Gasteiger partial charge in [0.1, 0.15) is 5.75 Å². The summed E-state index contributed by atoms with van der Waals surface area (Å²) in [6, 6.07) is 2.90. The minimum absolute atomic E-state index is 0. The lowest BCUT2D eigenvalue weighted by Gasteiger charge is -2.26. The highest BCUT2D eigenvalue weighted by Crippen LogP contribution is 2.33. The number of hydrogen-bond acceptors (Lipinski definition) is 4. The summed E-state index contributed by atoms with van der Waals surface area (Å²) in [5.41, 5.74) is 0.424. The zero-order valence-electron chi connectivity index (χ0n) is 16.2. The summed E-state index contributed by atoms with van der Waals surface area (Å²) in [5, 5.41) is 6.65. The maximum Gasteiger partial charge on any atom is 0.387 e. The standard InChI is InChI=1S/C18H26Cl2F2N4O2.HI/c1-23-18(24-4-2-3-5-26-6-8-27-9-7-26)25-12-13-10-14(19)11-15(20)16(13)28-17(21)22;/h10-11,17H,2-9,12H2,1H3,(H2,23,24,25);1H. The first-order valence-electron chi connectivity index (χ1n) is 9.17. The van der Waals surface area contributed by atoms with Crippen LogP contribution in [0.5, 0.6) is 5.75 Å². The molecule has 1 aliphatic heterocycles. The Morgan fingerprint density at radius 3 is 2.62 bits per heavy atom. The molecule has 0 aliphatic carbocycles. The Morgan fingerprint density at radius 1 is 1.24 bits per heavy atom. The van der Waals surface area contributed by atoms with Crippen molar-refractivity contribution in [2.24, 2.45) is 4.99 Å². The number of nitrogens with one attached hydrogen (secondary N) is 2. The van der Waals surface area contributed by atoms with Gasteiger partial charge in [-0.25, -0.2) is 0 Å². The van der Waals surface area contributed by atoms with Crippen molar-refractivity contribution in [1.82, 2.24) is 15.5 Å². The van der Waals surface area contributed by atoms with Gasteiger partial charge in [0.05, 0.1) is 18.2 Å². The lowest BCUT2D eigenvalue weighted by atomic mass is 10.2. The van der Waals surface area contributed by atoms with Crippen molar-refractivity contribution in [3.63, 3.8) is 0 Å². The molecule has 2 rings (SSSR count). The van der Waals surface area contributed by atoms with Crippen molar-refractivity contribution in [3.05, 3.63) is 27.7 Å². The van der Waals surface area contributed by atoms with Crippen LogP contribution in [0.4, 0.5) is 8.78 Å². The number of aliphatic imine (C=N–C) groups is 1. The number of nitrogens with zero attached hydrogens (tertiary/aromatic N) is 2. The molecule has 0 bridgehead atoms. The Labute approximate surface area is 197 Å². The molecule has 0 aromatic heterocycles. The second-order valence-corrected chi connectivity index (χ2v) is 7.11. The van der Waals surface area contributed by atoms with E-state index in [1.165, 1.54) is 12.1 Å². The van der Waals surface area contributed by atoms with Gasteiger partial charge in [0.2, 0.25) is 0 Å². The zero-order chi connectivity index (χ0) is 20.4. The number of alkyl halides is 2. The van der Waals surface area contributed by atoms with Gasteiger partial charge in [0.25, 0.3) is 0 Å². The van der Waals surface area contributed by atoms with E-state index in [2.05, 4.69) is 25.3 Å². The summed E-state index contributed by atoms with van der Waals surface area (Å²) in [5.74, 6) is 0.472. The van der Waals surface area contributed by atoms with Crippen molar-refractivity contribution in [2.45, 2.75) is 26.0 Å². The van der Waals surface area contributed by atoms with Crippen LogP contribution >= 0.6 is 47.2 Å². The Morgan fingerprint density at radius 2 is 1.97 bits per heavy atom. The molecule has 0 unspecified atom stereocenters. The minimum atomic E-state index is -2.97. The van der Waals surface area contributed by atoms with E-state index in [-0.39, 0.29) is 41.3 Å². The molecule has 1 saturated heterocycles. The van der Waals surface area contributed by atoms with Crippen molar-refractivity contribution < 1.29 is 18.3 Å². The van der Waals surface area contributed by atoms with Gasteiger partial charge in [-0.1, -0.05) is 23.2 Å². The fourth-order valence-corrected chi connectivity index (χ4v) is 3.44. The summed E-state index contributed by atoms with van der Waals surface area (Å²) in [6.45, 7) is 2.60. The average molecular weight is 567 g/mol. The highest BCUT2D eigenvalue weighted by molar-refractivity contribution is 14.0. The van der Waals surface area contributed by atoms with E-state index in [1.54, 1.807) is 7.05 Å². The maximum atomic E-state index is 12.6. The Hall–Kier alpha value is -0.620. The van der Waals surface area contributed by atoms with Crippen LogP contribution < -0.4 is 15.4 Å². The Balaban J connectivity index is 0.00000420. The van der Waals surface area contributed by atoms with Gasteiger partial charge >= 0.3 is 6.61 Å². The zero-order valence-corrected chi connectivity index (χ0v) is 20.1. The van der Waals surface area contributed by atoms with E-state index >= 15 is 0 Å². The molecule has 0 radical (unpaired) electrons. The van der Waals surface area contributed by atoms with E-state index in [1.807, 2.05) is 0 Å². The van der Waals surface area contributed by atoms with Gasteiger partial charge in [-0.05, 0) is 31.5 Å². The lowest BCUT2D eigenvalue weighted by Crippen LogP contribution is -2.38. The van der Waals surface area contributed by atoms with Crippen molar-refractivity contribution in [1.29, 1.82) is 0 Å². The predicted octanol–water partition coefficient (Wildman–Crippen LogP) is 3.99. The van der Waals surface area contributed by atoms with Crippen LogP contribution in [0, 0.1) is 0 Å². The number of benzene rings is 1. The molecule has 0 spiro atoms. The van der Waals surface area contributed by atoms with Gasteiger partial charge in [-0.15, -0.1) is 24.0 Å². The van der Waals surface area contributed by atoms with Crippen LogP contribution in [0.25, 0.3) is 0 Å². The molecule has 11 heteroatoms. The third kappa shape index (κ3) is 9.82. The molecule has 0 atom stereocenters. The van der Waals surface area contributed by atoms with E-state index in [0.717, 1.165) is 52.2 Å². The first-order chi connectivity index (χ1) is 13.5. The first-order valence-corrected chi connectivity index (χ1v) is 9.92. The third-order valence-electron chi connectivity index (χ3n) is 4.26. The molecule has 1 fully saturated rings. The maximum absolute atomic E-state index is 12.6. The Kier molecular flexibility index (Phi) is 13.1. The van der Waals surface area contributed by atoms with Crippen molar-refractivity contribution in [2.75, 3.05) is 46.4 Å². The summed E-state index contributed by atoms with van der Waals surface area (Å²) < 4.78 is 35.1. The summed E-state index contributed by atoms with van der Waals surface area (Å²) in [6.07, 6.45) is 2.06. The second-order valence-electron chi connectivity index (χ2n) is 6.27.